The van der Waals surface area contributed by atoms with Gasteiger partial charge in [-0.05, 0) is 19.9 Å². The zero-order valence-electron chi connectivity index (χ0n) is 10.7. The fourth-order valence-electron chi connectivity index (χ4n) is 2.04. The lowest BCUT2D eigenvalue weighted by Crippen LogP contribution is -2.34. The van der Waals surface area contributed by atoms with Crippen molar-refractivity contribution < 1.29 is 4.74 Å². The number of hydrogen-bond acceptors (Lipinski definition) is 3. The fraction of sp³-hybridized carbons (Fsp3) is 0.615. The summed E-state index contributed by atoms with van der Waals surface area (Å²) in [5.74, 6) is 0.892. The molecule has 0 spiro atoms. The van der Waals surface area contributed by atoms with Crippen molar-refractivity contribution in [3.8, 4) is 5.75 Å². The Labute approximate surface area is 97.0 Å². The number of nitrogens with two attached hydrogens (primary N) is 1. The van der Waals surface area contributed by atoms with Crippen LogP contribution in [-0.4, -0.2) is 11.6 Å². The van der Waals surface area contributed by atoms with Crippen LogP contribution in [0.15, 0.2) is 6.07 Å². The lowest BCUT2D eigenvalue weighted by molar-refractivity contribution is 0.277. The number of aromatic nitrogens is 1. The molecule has 0 amide bonds. The summed E-state index contributed by atoms with van der Waals surface area (Å²) in [5, 5.41) is 0. The van der Waals surface area contributed by atoms with Gasteiger partial charge in [0.15, 0.2) is 0 Å². The summed E-state index contributed by atoms with van der Waals surface area (Å²) in [4.78, 5) is 4.60. The third-order valence-electron chi connectivity index (χ3n) is 2.94. The second-order valence-corrected chi connectivity index (χ2v) is 5.95. The lowest BCUT2D eigenvalue weighted by Gasteiger charge is -2.22. The third kappa shape index (κ3) is 1.69. The molecule has 1 aromatic rings. The monoisotopic (exact) mass is 220 g/mol. The molecule has 2 rings (SSSR count). The summed E-state index contributed by atoms with van der Waals surface area (Å²) in [7, 11) is 0. The van der Waals surface area contributed by atoms with Crippen molar-refractivity contribution in [1.82, 2.24) is 4.98 Å². The summed E-state index contributed by atoms with van der Waals surface area (Å²) >= 11 is 0. The predicted molar refractivity (Wildman–Crippen MR) is 64.7 cm³/mol. The van der Waals surface area contributed by atoms with Crippen molar-refractivity contribution in [3.63, 3.8) is 0 Å². The number of ether oxygens (including phenoxy) is 1. The van der Waals surface area contributed by atoms with E-state index in [9.17, 15) is 0 Å². The second kappa shape index (κ2) is 3.20. The van der Waals surface area contributed by atoms with E-state index in [1.807, 2.05) is 19.9 Å². The SMILES string of the molecule is Cc1cc2c(c(C(C)(C)C)n1)OCC2(C)N. The Hall–Kier alpha value is -1.09. The van der Waals surface area contributed by atoms with Crippen molar-refractivity contribution >= 4 is 0 Å². The highest BCUT2D eigenvalue weighted by atomic mass is 16.5. The first-order valence-electron chi connectivity index (χ1n) is 5.66. The van der Waals surface area contributed by atoms with Gasteiger partial charge < -0.3 is 10.5 Å². The molecule has 16 heavy (non-hydrogen) atoms. The Morgan fingerprint density at radius 1 is 1.44 bits per heavy atom. The van der Waals surface area contributed by atoms with Crippen LogP contribution in [0.2, 0.25) is 0 Å². The highest BCUT2D eigenvalue weighted by molar-refractivity contribution is 5.48. The van der Waals surface area contributed by atoms with Crippen molar-refractivity contribution in [2.45, 2.75) is 45.6 Å². The minimum Gasteiger partial charge on any atom is -0.489 e. The van der Waals surface area contributed by atoms with Gasteiger partial charge in [-0.3, -0.25) is 4.98 Å². The molecule has 3 heteroatoms. The largest absolute Gasteiger partial charge is 0.489 e. The minimum atomic E-state index is -0.386. The maximum absolute atomic E-state index is 6.22. The lowest BCUT2D eigenvalue weighted by atomic mass is 9.87. The van der Waals surface area contributed by atoms with E-state index in [0.29, 0.717) is 6.61 Å². The zero-order chi connectivity index (χ0) is 12.1. The van der Waals surface area contributed by atoms with Crippen LogP contribution in [0, 0.1) is 6.92 Å². The van der Waals surface area contributed by atoms with Gasteiger partial charge in [-0.15, -0.1) is 0 Å². The van der Waals surface area contributed by atoms with E-state index in [4.69, 9.17) is 10.5 Å². The van der Waals surface area contributed by atoms with Gasteiger partial charge in [0.2, 0.25) is 0 Å². The number of rotatable bonds is 0. The molecule has 0 saturated carbocycles. The quantitative estimate of drug-likeness (QED) is 0.729. The molecule has 0 aromatic carbocycles. The topological polar surface area (TPSA) is 48.1 Å². The summed E-state index contributed by atoms with van der Waals surface area (Å²) < 4.78 is 5.74. The molecule has 0 saturated heterocycles. The smallest absolute Gasteiger partial charge is 0.146 e. The molecule has 1 atom stereocenters. The molecule has 0 aliphatic carbocycles. The number of aryl methyl sites for hydroxylation is 1. The Bertz CT molecular complexity index is 430. The predicted octanol–water partition coefficient (Wildman–Crippen LogP) is 2.25. The summed E-state index contributed by atoms with van der Waals surface area (Å²) in [6.07, 6.45) is 0. The third-order valence-corrected chi connectivity index (χ3v) is 2.94. The van der Waals surface area contributed by atoms with E-state index in [1.165, 1.54) is 0 Å². The minimum absolute atomic E-state index is 0.0173. The zero-order valence-corrected chi connectivity index (χ0v) is 10.7. The van der Waals surface area contributed by atoms with E-state index < -0.39 is 0 Å². The maximum Gasteiger partial charge on any atom is 0.146 e. The molecule has 88 valence electrons. The van der Waals surface area contributed by atoms with E-state index in [1.54, 1.807) is 0 Å². The van der Waals surface area contributed by atoms with Gasteiger partial charge in [-0.1, -0.05) is 20.8 Å². The Morgan fingerprint density at radius 2 is 2.06 bits per heavy atom. The molecule has 2 N–H and O–H groups in total. The molecule has 0 bridgehead atoms. The summed E-state index contributed by atoms with van der Waals surface area (Å²) in [6, 6.07) is 2.04. The molecule has 1 aliphatic rings. The Balaban J connectivity index is 2.67. The van der Waals surface area contributed by atoms with Crippen LogP contribution in [-0.2, 0) is 11.0 Å². The summed E-state index contributed by atoms with van der Waals surface area (Å²) in [5.41, 5.74) is 8.92. The first kappa shape index (κ1) is 11.4. The molecule has 3 nitrogen and oxygen atoms in total. The highest BCUT2D eigenvalue weighted by Crippen LogP contribution is 2.41. The molecular weight excluding hydrogens is 200 g/mol. The van der Waals surface area contributed by atoms with Crippen LogP contribution in [0.5, 0.6) is 5.75 Å². The van der Waals surface area contributed by atoms with Gasteiger partial charge in [-0.2, -0.15) is 0 Å². The van der Waals surface area contributed by atoms with E-state index in [0.717, 1.165) is 22.7 Å². The van der Waals surface area contributed by atoms with Crippen molar-refractivity contribution in [2.75, 3.05) is 6.61 Å². The molecule has 2 heterocycles. The number of fused-ring (bicyclic) bond motifs is 1. The molecule has 1 unspecified atom stereocenters. The number of hydrogen-bond donors (Lipinski definition) is 1. The normalized spacial score (nSPS) is 24.1. The van der Waals surface area contributed by atoms with Gasteiger partial charge >= 0.3 is 0 Å². The van der Waals surface area contributed by atoms with Gasteiger partial charge in [0, 0.05) is 16.7 Å². The molecule has 0 radical (unpaired) electrons. The Morgan fingerprint density at radius 3 is 2.62 bits per heavy atom. The van der Waals surface area contributed by atoms with Crippen molar-refractivity contribution in [3.05, 3.63) is 23.0 Å². The fourth-order valence-corrected chi connectivity index (χ4v) is 2.04. The first-order chi connectivity index (χ1) is 7.22. The summed E-state index contributed by atoms with van der Waals surface area (Å²) in [6.45, 7) is 11.0. The standard InChI is InChI=1S/C13H20N2O/c1-8-6-9-10(16-7-13(9,5)14)11(15-8)12(2,3)4/h6H,7,14H2,1-5H3. The van der Waals surface area contributed by atoms with E-state index in [2.05, 4.69) is 25.8 Å². The van der Waals surface area contributed by atoms with Crippen molar-refractivity contribution in [1.29, 1.82) is 0 Å². The van der Waals surface area contributed by atoms with Gasteiger partial charge in [0.1, 0.15) is 12.4 Å². The molecule has 0 fully saturated rings. The van der Waals surface area contributed by atoms with Crippen LogP contribution in [0.1, 0.15) is 44.6 Å². The highest BCUT2D eigenvalue weighted by Gasteiger charge is 2.37. The van der Waals surface area contributed by atoms with Gasteiger partial charge in [0.25, 0.3) is 0 Å². The van der Waals surface area contributed by atoms with Gasteiger partial charge in [-0.25, -0.2) is 0 Å². The second-order valence-electron chi connectivity index (χ2n) is 5.95. The molecular formula is C13H20N2O. The van der Waals surface area contributed by atoms with Crippen LogP contribution >= 0.6 is 0 Å². The average molecular weight is 220 g/mol. The molecule has 1 aromatic heterocycles. The van der Waals surface area contributed by atoms with Gasteiger partial charge in [0.05, 0.1) is 11.2 Å². The average Bonchev–Trinajstić information content (AvgIpc) is 2.40. The molecule has 1 aliphatic heterocycles. The van der Waals surface area contributed by atoms with Crippen LogP contribution in [0.3, 0.4) is 0 Å². The van der Waals surface area contributed by atoms with Crippen molar-refractivity contribution in [2.24, 2.45) is 5.73 Å². The Kier molecular flexibility index (Phi) is 2.28. The van der Waals surface area contributed by atoms with E-state index in [-0.39, 0.29) is 11.0 Å². The number of nitrogens with zero attached hydrogens (tertiary/aromatic N) is 1. The number of pyridine rings is 1. The van der Waals surface area contributed by atoms with Crippen LogP contribution in [0.4, 0.5) is 0 Å². The maximum atomic E-state index is 6.22. The van der Waals surface area contributed by atoms with E-state index >= 15 is 0 Å². The van der Waals surface area contributed by atoms with Crippen LogP contribution < -0.4 is 10.5 Å². The first-order valence-corrected chi connectivity index (χ1v) is 5.66. The van der Waals surface area contributed by atoms with Crippen LogP contribution in [0.25, 0.3) is 0 Å².